The molecule has 0 radical (unpaired) electrons. The Labute approximate surface area is 120 Å². The molecular weight excluding hydrogens is 254 g/mol. The van der Waals surface area contributed by atoms with Gasteiger partial charge in [-0.2, -0.15) is 0 Å². The smallest absolute Gasteiger partial charge is 0.254 e. The molecule has 1 heterocycles. The monoisotopic (exact) mass is 277 g/mol. The molecule has 0 bridgehead atoms. The van der Waals surface area contributed by atoms with Gasteiger partial charge < -0.3 is 14.7 Å². The molecule has 1 amide bonds. The molecule has 1 aliphatic heterocycles. The van der Waals surface area contributed by atoms with E-state index in [-0.39, 0.29) is 18.6 Å². The van der Waals surface area contributed by atoms with Crippen LogP contribution in [0.5, 0.6) is 5.75 Å². The van der Waals surface area contributed by atoms with Crippen LogP contribution in [-0.2, 0) is 0 Å². The Balaban J connectivity index is 2.02. The molecule has 1 unspecified atom stereocenters. The predicted molar refractivity (Wildman–Crippen MR) is 78.0 cm³/mol. The average Bonchev–Trinajstić information content (AvgIpc) is 2.94. The fourth-order valence-electron chi connectivity index (χ4n) is 2.76. The molecule has 20 heavy (non-hydrogen) atoms. The number of aliphatic hydroxyl groups is 1. The molecule has 0 aromatic heterocycles. The molecule has 1 aromatic carbocycles. The highest BCUT2D eigenvalue weighted by Gasteiger charge is 2.28. The lowest BCUT2D eigenvalue weighted by Gasteiger charge is -2.24. The van der Waals surface area contributed by atoms with E-state index in [1.54, 1.807) is 0 Å². The Bertz CT molecular complexity index is 430. The summed E-state index contributed by atoms with van der Waals surface area (Å²) in [6.07, 6.45) is 3.75. The molecule has 1 atom stereocenters. The van der Waals surface area contributed by atoms with Gasteiger partial charge in [-0.3, -0.25) is 4.79 Å². The Morgan fingerprint density at radius 1 is 1.40 bits per heavy atom. The number of likely N-dealkylation sites (tertiary alicyclic amines) is 1. The lowest BCUT2D eigenvalue weighted by atomic mass is 10.1. The van der Waals surface area contributed by atoms with Crippen LogP contribution in [0.4, 0.5) is 0 Å². The van der Waals surface area contributed by atoms with Crippen molar-refractivity contribution in [3.8, 4) is 5.75 Å². The van der Waals surface area contributed by atoms with Gasteiger partial charge in [-0.25, -0.2) is 0 Å². The summed E-state index contributed by atoms with van der Waals surface area (Å²) in [6, 6.07) is 7.62. The summed E-state index contributed by atoms with van der Waals surface area (Å²) in [4.78, 5) is 14.5. The van der Waals surface area contributed by atoms with E-state index in [2.05, 4.69) is 0 Å². The van der Waals surface area contributed by atoms with Gasteiger partial charge in [-0.05, 0) is 56.9 Å². The van der Waals surface area contributed by atoms with Crippen LogP contribution < -0.4 is 4.74 Å². The molecule has 0 spiro atoms. The largest absolute Gasteiger partial charge is 0.494 e. The molecule has 2 rings (SSSR count). The first-order chi connectivity index (χ1) is 9.76. The molecule has 1 N–H and O–H groups in total. The normalized spacial score (nSPS) is 18.3. The number of hydrogen-bond donors (Lipinski definition) is 1. The standard InChI is InChI=1S/C16H23NO3/c1-2-20-15-9-7-13(8-10-15)16(19)17-11-3-5-14(17)6-4-12-18/h7-10,14,18H,2-6,11-12H2,1H3. The third kappa shape index (κ3) is 3.51. The maximum Gasteiger partial charge on any atom is 0.254 e. The summed E-state index contributed by atoms with van der Waals surface area (Å²) in [6.45, 7) is 3.58. The summed E-state index contributed by atoms with van der Waals surface area (Å²) in [5.74, 6) is 0.885. The number of hydrogen-bond acceptors (Lipinski definition) is 3. The number of carbonyl (C=O) groups excluding carboxylic acids is 1. The number of amides is 1. The zero-order valence-corrected chi connectivity index (χ0v) is 12.0. The summed E-state index contributed by atoms with van der Waals surface area (Å²) in [7, 11) is 0. The highest BCUT2D eigenvalue weighted by molar-refractivity contribution is 5.94. The van der Waals surface area contributed by atoms with Crippen LogP contribution in [0.25, 0.3) is 0 Å². The lowest BCUT2D eigenvalue weighted by molar-refractivity contribution is 0.0724. The van der Waals surface area contributed by atoms with E-state index in [1.807, 2.05) is 36.1 Å². The number of ether oxygens (including phenoxy) is 1. The van der Waals surface area contributed by atoms with Crippen LogP contribution in [0, 0.1) is 0 Å². The third-order valence-electron chi connectivity index (χ3n) is 3.75. The van der Waals surface area contributed by atoms with E-state index in [1.165, 1.54) is 0 Å². The van der Waals surface area contributed by atoms with Crippen molar-refractivity contribution >= 4 is 5.91 Å². The van der Waals surface area contributed by atoms with Crippen molar-refractivity contribution in [1.82, 2.24) is 4.90 Å². The number of carbonyl (C=O) groups is 1. The van der Waals surface area contributed by atoms with Crippen molar-refractivity contribution in [1.29, 1.82) is 0 Å². The molecule has 1 aromatic rings. The number of rotatable bonds is 6. The molecule has 1 fully saturated rings. The highest BCUT2D eigenvalue weighted by atomic mass is 16.5. The Morgan fingerprint density at radius 2 is 2.15 bits per heavy atom. The zero-order valence-electron chi connectivity index (χ0n) is 12.0. The van der Waals surface area contributed by atoms with Crippen molar-refractivity contribution in [3.05, 3.63) is 29.8 Å². The second kappa shape index (κ2) is 7.29. The van der Waals surface area contributed by atoms with Crippen LogP contribution in [0.2, 0.25) is 0 Å². The first kappa shape index (κ1) is 14.9. The minimum atomic E-state index is 0.0912. The van der Waals surface area contributed by atoms with E-state index in [0.29, 0.717) is 12.2 Å². The van der Waals surface area contributed by atoms with Gasteiger partial charge in [-0.15, -0.1) is 0 Å². The molecule has 0 aliphatic carbocycles. The molecule has 1 saturated heterocycles. The van der Waals surface area contributed by atoms with Crippen LogP contribution in [0.1, 0.15) is 43.0 Å². The lowest BCUT2D eigenvalue weighted by Crippen LogP contribution is -2.35. The van der Waals surface area contributed by atoms with Gasteiger partial charge in [0.15, 0.2) is 0 Å². The van der Waals surface area contributed by atoms with Crippen LogP contribution in [0.3, 0.4) is 0 Å². The van der Waals surface area contributed by atoms with Gasteiger partial charge >= 0.3 is 0 Å². The van der Waals surface area contributed by atoms with Crippen molar-refractivity contribution < 1.29 is 14.6 Å². The first-order valence-corrected chi connectivity index (χ1v) is 7.41. The van der Waals surface area contributed by atoms with Gasteiger partial charge in [-0.1, -0.05) is 0 Å². The summed E-state index contributed by atoms with van der Waals surface area (Å²) >= 11 is 0. The van der Waals surface area contributed by atoms with E-state index >= 15 is 0 Å². The van der Waals surface area contributed by atoms with E-state index in [9.17, 15) is 4.79 Å². The van der Waals surface area contributed by atoms with Crippen LogP contribution in [-0.4, -0.2) is 41.7 Å². The van der Waals surface area contributed by atoms with Crippen molar-refractivity contribution in [2.75, 3.05) is 19.8 Å². The van der Waals surface area contributed by atoms with Crippen molar-refractivity contribution in [3.63, 3.8) is 0 Å². The fraction of sp³-hybridized carbons (Fsp3) is 0.562. The maximum absolute atomic E-state index is 12.5. The first-order valence-electron chi connectivity index (χ1n) is 7.41. The van der Waals surface area contributed by atoms with E-state index in [4.69, 9.17) is 9.84 Å². The van der Waals surface area contributed by atoms with Crippen molar-refractivity contribution in [2.45, 2.75) is 38.6 Å². The van der Waals surface area contributed by atoms with Crippen molar-refractivity contribution in [2.24, 2.45) is 0 Å². The SMILES string of the molecule is CCOc1ccc(C(=O)N2CCCC2CCCO)cc1. The molecule has 110 valence electrons. The Kier molecular flexibility index (Phi) is 5.41. The molecule has 4 heteroatoms. The molecular formula is C16H23NO3. The van der Waals surface area contributed by atoms with E-state index < -0.39 is 0 Å². The topological polar surface area (TPSA) is 49.8 Å². The van der Waals surface area contributed by atoms with Gasteiger partial charge in [0.2, 0.25) is 0 Å². The zero-order chi connectivity index (χ0) is 14.4. The summed E-state index contributed by atoms with van der Waals surface area (Å²) in [5.41, 5.74) is 0.712. The van der Waals surface area contributed by atoms with Crippen LogP contribution >= 0.6 is 0 Å². The quantitative estimate of drug-likeness (QED) is 0.869. The second-order valence-corrected chi connectivity index (χ2v) is 5.12. The van der Waals surface area contributed by atoms with Gasteiger partial charge in [0.1, 0.15) is 5.75 Å². The average molecular weight is 277 g/mol. The number of nitrogens with zero attached hydrogens (tertiary/aromatic N) is 1. The summed E-state index contributed by atoms with van der Waals surface area (Å²) < 4.78 is 5.39. The number of benzene rings is 1. The van der Waals surface area contributed by atoms with Crippen LogP contribution in [0.15, 0.2) is 24.3 Å². The third-order valence-corrected chi connectivity index (χ3v) is 3.75. The molecule has 0 saturated carbocycles. The summed E-state index contributed by atoms with van der Waals surface area (Å²) in [5, 5.41) is 8.93. The minimum Gasteiger partial charge on any atom is -0.494 e. The van der Waals surface area contributed by atoms with Gasteiger partial charge in [0.05, 0.1) is 6.61 Å². The Morgan fingerprint density at radius 3 is 2.80 bits per heavy atom. The second-order valence-electron chi connectivity index (χ2n) is 5.12. The van der Waals surface area contributed by atoms with Gasteiger partial charge in [0, 0.05) is 24.8 Å². The Hall–Kier alpha value is -1.55. The predicted octanol–water partition coefficient (Wildman–Crippen LogP) is 2.46. The van der Waals surface area contributed by atoms with E-state index in [0.717, 1.165) is 38.0 Å². The molecule has 4 nitrogen and oxygen atoms in total. The fourth-order valence-corrected chi connectivity index (χ4v) is 2.76. The number of aliphatic hydroxyl groups excluding tert-OH is 1. The maximum atomic E-state index is 12.5. The molecule has 1 aliphatic rings. The minimum absolute atomic E-state index is 0.0912. The highest BCUT2D eigenvalue weighted by Crippen LogP contribution is 2.24. The van der Waals surface area contributed by atoms with Gasteiger partial charge in [0.25, 0.3) is 5.91 Å².